The zero-order valence-electron chi connectivity index (χ0n) is 18.6. The maximum atomic E-state index is 13.2. The highest BCUT2D eigenvalue weighted by Crippen LogP contribution is 2.40. The average molecular weight is 621 g/mol. The van der Waals surface area contributed by atoms with Crippen molar-refractivity contribution in [2.45, 2.75) is 20.1 Å². The smallest absolute Gasteiger partial charge is 0.293 e. The van der Waals surface area contributed by atoms with Crippen molar-refractivity contribution in [1.82, 2.24) is 4.90 Å². The molecule has 5 nitrogen and oxygen atoms in total. The van der Waals surface area contributed by atoms with Crippen LogP contribution < -0.4 is 9.47 Å². The number of rotatable bonds is 8. The number of nitrogens with zero attached hydrogens (tertiary/aromatic N) is 1. The summed E-state index contributed by atoms with van der Waals surface area (Å²) >= 11 is 7.82. The van der Waals surface area contributed by atoms with E-state index >= 15 is 0 Å². The second-order valence-electron chi connectivity index (χ2n) is 7.57. The highest BCUT2D eigenvalue weighted by atomic mass is 79.9. The number of hydrogen-bond donors (Lipinski definition) is 0. The normalized spacial score (nSPS) is 14.6. The van der Waals surface area contributed by atoms with Crippen LogP contribution in [0.25, 0.3) is 6.08 Å². The summed E-state index contributed by atoms with van der Waals surface area (Å²) in [6.45, 7) is 2.71. The second-order valence-corrected chi connectivity index (χ2v) is 10.3. The van der Waals surface area contributed by atoms with E-state index in [1.54, 1.807) is 30.3 Å². The van der Waals surface area contributed by atoms with E-state index in [-0.39, 0.29) is 30.1 Å². The van der Waals surface area contributed by atoms with Gasteiger partial charge in [-0.05, 0) is 93.8 Å². The van der Waals surface area contributed by atoms with Gasteiger partial charge in [0.1, 0.15) is 12.4 Å². The highest BCUT2D eigenvalue weighted by Gasteiger charge is 2.35. The number of ether oxygens (including phenoxy) is 2. The molecule has 0 radical (unpaired) electrons. The third-order valence-corrected chi connectivity index (χ3v) is 7.08. The number of halogens is 3. The monoisotopic (exact) mass is 619 g/mol. The molecule has 0 aromatic heterocycles. The van der Waals surface area contributed by atoms with Gasteiger partial charge in [-0.2, -0.15) is 0 Å². The predicted molar refractivity (Wildman–Crippen MR) is 142 cm³/mol. The van der Waals surface area contributed by atoms with Gasteiger partial charge in [-0.1, -0.05) is 40.2 Å². The zero-order valence-corrected chi connectivity index (χ0v) is 22.6. The van der Waals surface area contributed by atoms with Crippen molar-refractivity contribution < 1.29 is 23.5 Å². The fourth-order valence-corrected chi connectivity index (χ4v) is 5.05. The lowest BCUT2D eigenvalue weighted by molar-refractivity contribution is -0.123. The van der Waals surface area contributed by atoms with Crippen molar-refractivity contribution >= 4 is 60.8 Å². The summed E-state index contributed by atoms with van der Waals surface area (Å²) in [4.78, 5) is 27.0. The predicted octanol–water partition coefficient (Wildman–Crippen LogP) is 7.56. The maximum absolute atomic E-state index is 13.2. The summed E-state index contributed by atoms with van der Waals surface area (Å²) in [5.74, 6) is 0.338. The van der Waals surface area contributed by atoms with Gasteiger partial charge in [-0.25, -0.2) is 4.39 Å². The Hall–Kier alpha value is -2.62. The quantitative estimate of drug-likeness (QED) is 0.243. The minimum Gasteiger partial charge on any atom is -0.490 e. The molecular formula is C26H20Br2FNO4S. The van der Waals surface area contributed by atoms with Gasteiger partial charge in [0, 0.05) is 4.47 Å². The lowest BCUT2D eigenvalue weighted by Gasteiger charge is -2.15. The summed E-state index contributed by atoms with van der Waals surface area (Å²) in [5, 5.41) is -0.312. The van der Waals surface area contributed by atoms with Gasteiger partial charge in [-0.3, -0.25) is 14.5 Å². The first-order valence-corrected chi connectivity index (χ1v) is 13.1. The summed E-state index contributed by atoms with van der Waals surface area (Å²) in [6, 6.07) is 17.1. The van der Waals surface area contributed by atoms with Crippen molar-refractivity contribution in [1.29, 1.82) is 0 Å². The molecule has 3 aromatic rings. The molecule has 0 bridgehead atoms. The van der Waals surface area contributed by atoms with Crippen molar-refractivity contribution in [3.05, 3.63) is 97.0 Å². The van der Waals surface area contributed by atoms with Crippen LogP contribution in [0.3, 0.4) is 0 Å². The van der Waals surface area contributed by atoms with E-state index in [4.69, 9.17) is 9.47 Å². The largest absolute Gasteiger partial charge is 0.490 e. The molecule has 35 heavy (non-hydrogen) atoms. The zero-order chi connectivity index (χ0) is 24.9. The summed E-state index contributed by atoms with van der Waals surface area (Å²) in [6.07, 6.45) is 1.67. The van der Waals surface area contributed by atoms with Gasteiger partial charge in [0.15, 0.2) is 11.5 Å². The van der Waals surface area contributed by atoms with Crippen LogP contribution in [-0.2, 0) is 17.9 Å². The van der Waals surface area contributed by atoms with E-state index < -0.39 is 0 Å². The van der Waals surface area contributed by atoms with E-state index in [9.17, 15) is 14.0 Å². The first-order chi connectivity index (χ1) is 16.8. The first kappa shape index (κ1) is 25.5. The summed E-state index contributed by atoms with van der Waals surface area (Å²) in [5.41, 5.74) is 2.36. The molecule has 1 aliphatic rings. The molecule has 4 rings (SSSR count). The molecular weight excluding hydrogens is 601 g/mol. The molecule has 1 heterocycles. The number of carbonyl (C=O) groups excluding carboxylic acids is 2. The molecule has 2 amide bonds. The van der Waals surface area contributed by atoms with Crippen LogP contribution in [0.15, 0.2) is 74.5 Å². The third-order valence-electron chi connectivity index (χ3n) is 5.05. The Labute approximate surface area is 223 Å². The van der Waals surface area contributed by atoms with Gasteiger partial charge in [0.05, 0.1) is 22.5 Å². The number of benzene rings is 3. The molecule has 1 saturated heterocycles. The van der Waals surface area contributed by atoms with Gasteiger partial charge < -0.3 is 9.47 Å². The van der Waals surface area contributed by atoms with Crippen LogP contribution in [-0.4, -0.2) is 22.7 Å². The molecule has 180 valence electrons. The molecule has 1 aliphatic heterocycles. The van der Waals surface area contributed by atoms with Crippen molar-refractivity contribution in [3.8, 4) is 11.5 Å². The molecule has 3 aromatic carbocycles. The topological polar surface area (TPSA) is 55.8 Å². The van der Waals surface area contributed by atoms with E-state index in [1.165, 1.54) is 17.0 Å². The van der Waals surface area contributed by atoms with Crippen LogP contribution in [0, 0.1) is 5.82 Å². The molecule has 0 unspecified atom stereocenters. The Morgan fingerprint density at radius 2 is 1.66 bits per heavy atom. The molecule has 0 N–H and O–H groups in total. The van der Waals surface area contributed by atoms with Crippen LogP contribution in [0.4, 0.5) is 9.18 Å². The second kappa shape index (κ2) is 11.4. The first-order valence-electron chi connectivity index (χ1n) is 10.7. The Kier molecular flexibility index (Phi) is 8.30. The van der Waals surface area contributed by atoms with E-state index in [0.29, 0.717) is 33.0 Å². The van der Waals surface area contributed by atoms with Crippen LogP contribution in [0.2, 0.25) is 0 Å². The summed E-state index contributed by atoms with van der Waals surface area (Å²) < 4.78 is 26.4. The molecule has 0 aliphatic carbocycles. The molecule has 0 saturated carbocycles. The highest BCUT2D eigenvalue weighted by molar-refractivity contribution is 9.10. The Balaban J connectivity index is 1.54. The minimum atomic E-state index is -0.339. The Morgan fingerprint density at radius 1 is 0.971 bits per heavy atom. The number of amides is 2. The average Bonchev–Trinajstić information content (AvgIpc) is 3.08. The van der Waals surface area contributed by atoms with Crippen molar-refractivity contribution in [2.24, 2.45) is 0 Å². The Bertz CT molecular complexity index is 1280. The number of hydrogen-bond acceptors (Lipinski definition) is 5. The molecule has 1 fully saturated rings. The van der Waals surface area contributed by atoms with Gasteiger partial charge in [0.25, 0.3) is 11.1 Å². The van der Waals surface area contributed by atoms with E-state index in [0.717, 1.165) is 27.4 Å². The third kappa shape index (κ3) is 6.34. The number of imide groups is 1. The van der Waals surface area contributed by atoms with Gasteiger partial charge in [0.2, 0.25) is 0 Å². The maximum Gasteiger partial charge on any atom is 0.293 e. The van der Waals surface area contributed by atoms with Crippen LogP contribution in [0.5, 0.6) is 11.5 Å². The van der Waals surface area contributed by atoms with Crippen LogP contribution in [0.1, 0.15) is 23.6 Å². The Morgan fingerprint density at radius 3 is 2.34 bits per heavy atom. The van der Waals surface area contributed by atoms with Crippen molar-refractivity contribution in [2.75, 3.05) is 6.61 Å². The van der Waals surface area contributed by atoms with E-state index in [1.807, 2.05) is 31.2 Å². The van der Waals surface area contributed by atoms with Crippen molar-refractivity contribution in [3.63, 3.8) is 0 Å². The van der Waals surface area contributed by atoms with Gasteiger partial charge >= 0.3 is 0 Å². The summed E-state index contributed by atoms with van der Waals surface area (Å²) in [7, 11) is 0. The fourth-order valence-electron chi connectivity index (χ4n) is 3.37. The lowest BCUT2D eigenvalue weighted by Crippen LogP contribution is -2.27. The lowest BCUT2D eigenvalue weighted by atomic mass is 10.1. The standard InChI is InChI=1S/C26H20Br2FNO4S/c1-2-33-22-12-18(11-21(28)24(22)34-15-17-5-9-20(29)10-6-17)13-23-25(31)30(26(32)35-23)14-16-3-7-19(27)8-4-16/h3-13H,2,14-15H2,1H3/b23-13-. The van der Waals surface area contributed by atoms with Crippen LogP contribution >= 0.6 is 43.6 Å². The minimum absolute atomic E-state index is 0.208. The fraction of sp³-hybridized carbons (Fsp3) is 0.154. The van der Waals surface area contributed by atoms with E-state index in [2.05, 4.69) is 31.9 Å². The molecule has 9 heteroatoms. The van der Waals surface area contributed by atoms with Gasteiger partial charge in [-0.15, -0.1) is 0 Å². The number of thioether (sulfide) groups is 1. The molecule has 0 atom stereocenters. The molecule has 0 spiro atoms. The number of carbonyl (C=O) groups is 2. The SMILES string of the molecule is CCOc1cc(/C=C2\SC(=O)N(Cc3ccc(Br)cc3)C2=O)cc(Br)c1OCc1ccc(F)cc1.